The summed E-state index contributed by atoms with van der Waals surface area (Å²) in [5, 5.41) is 17.6. The Balaban J connectivity index is 1.15. The first kappa shape index (κ1) is 32.3. The van der Waals surface area contributed by atoms with E-state index in [0.717, 1.165) is 59.7 Å². The number of halogens is 2. The van der Waals surface area contributed by atoms with E-state index in [0.29, 0.717) is 48.2 Å². The minimum Gasteiger partial charge on any atom is -0.390 e. The van der Waals surface area contributed by atoms with E-state index in [-0.39, 0.29) is 17.9 Å². The first-order valence-electron chi connectivity index (χ1n) is 15.8. The van der Waals surface area contributed by atoms with Crippen LogP contribution in [0.25, 0.3) is 11.3 Å². The summed E-state index contributed by atoms with van der Waals surface area (Å²) in [6.45, 7) is 7.05. The molecule has 10 heteroatoms. The van der Waals surface area contributed by atoms with E-state index < -0.39 is 6.10 Å². The number of rotatable bonds is 8. The highest BCUT2D eigenvalue weighted by atomic mass is 35.5. The molecule has 1 aromatic heterocycles. The van der Waals surface area contributed by atoms with E-state index in [2.05, 4.69) is 4.90 Å². The van der Waals surface area contributed by atoms with Gasteiger partial charge < -0.3 is 19.8 Å². The number of aromatic nitrogens is 2. The summed E-state index contributed by atoms with van der Waals surface area (Å²) in [5.74, 6) is -0.000647. The van der Waals surface area contributed by atoms with Gasteiger partial charge in [-0.3, -0.25) is 14.3 Å². The van der Waals surface area contributed by atoms with E-state index in [1.54, 1.807) is 6.92 Å². The van der Waals surface area contributed by atoms with Crippen LogP contribution in [0.3, 0.4) is 0 Å². The lowest BCUT2D eigenvalue weighted by atomic mass is 9.99. The van der Waals surface area contributed by atoms with Gasteiger partial charge in [0.25, 0.3) is 5.91 Å². The predicted octanol–water partition coefficient (Wildman–Crippen LogP) is 6.24. The van der Waals surface area contributed by atoms with Crippen molar-refractivity contribution in [2.24, 2.45) is 0 Å². The van der Waals surface area contributed by atoms with Gasteiger partial charge in [-0.25, -0.2) is 0 Å². The number of fused-ring (bicyclic) bond motifs is 1. The van der Waals surface area contributed by atoms with E-state index in [1.807, 2.05) is 94.2 Å². The van der Waals surface area contributed by atoms with Gasteiger partial charge >= 0.3 is 0 Å². The summed E-state index contributed by atoms with van der Waals surface area (Å²) in [6, 6.07) is 22.7. The molecule has 3 aromatic carbocycles. The number of aliphatic hydroxyl groups is 1. The molecule has 0 spiro atoms. The minimum absolute atomic E-state index is 0.00677. The van der Waals surface area contributed by atoms with E-state index >= 15 is 0 Å². The Bertz CT molecular complexity index is 1720. The number of amides is 2. The zero-order valence-corrected chi connectivity index (χ0v) is 27.7. The topological polar surface area (TPSA) is 81.9 Å². The maximum atomic E-state index is 13.7. The van der Waals surface area contributed by atoms with Gasteiger partial charge in [0.2, 0.25) is 5.91 Å². The molecule has 240 valence electrons. The molecule has 2 amide bonds. The van der Waals surface area contributed by atoms with Crippen LogP contribution in [-0.4, -0.2) is 74.8 Å². The second kappa shape index (κ2) is 14.0. The maximum Gasteiger partial charge on any atom is 0.258 e. The standard InChI is InChI=1S/C36H39Cl2N5O3/c1-24-19-27(11-12-33(24)38)35-32-23-41(25(2)44)18-15-34(32)42(39-35)22-31(45)21-40-16-13-29(14-17-40)43(30-10-6-9-28(37)20-30)36(46)26-7-4-3-5-8-26/h3-12,19-20,29,31,45H,13-18,21-23H2,1-2H3. The molecule has 1 N–H and O–H groups in total. The highest BCUT2D eigenvalue weighted by Crippen LogP contribution is 2.33. The molecule has 4 aromatic rings. The van der Waals surface area contributed by atoms with Gasteiger partial charge in [-0.2, -0.15) is 5.10 Å². The third-order valence-corrected chi connectivity index (χ3v) is 9.77. The lowest BCUT2D eigenvalue weighted by Crippen LogP contribution is -2.49. The molecule has 0 radical (unpaired) electrons. The number of likely N-dealkylation sites (tertiary alicyclic amines) is 1. The zero-order chi connectivity index (χ0) is 32.4. The lowest BCUT2D eigenvalue weighted by molar-refractivity contribution is -0.129. The molecule has 1 atom stereocenters. The van der Waals surface area contributed by atoms with E-state index in [4.69, 9.17) is 28.3 Å². The first-order valence-corrected chi connectivity index (χ1v) is 16.6. The molecule has 3 heterocycles. The minimum atomic E-state index is -0.638. The van der Waals surface area contributed by atoms with Crippen molar-refractivity contribution in [2.75, 3.05) is 31.1 Å². The fraction of sp³-hybridized carbons (Fsp3) is 0.361. The molecule has 2 aliphatic heterocycles. The van der Waals surface area contributed by atoms with Crippen LogP contribution < -0.4 is 4.90 Å². The van der Waals surface area contributed by atoms with Crippen LogP contribution in [0.4, 0.5) is 5.69 Å². The van der Waals surface area contributed by atoms with Crippen molar-refractivity contribution in [3.8, 4) is 11.3 Å². The number of nitrogens with zero attached hydrogens (tertiary/aromatic N) is 5. The van der Waals surface area contributed by atoms with Gasteiger partial charge in [-0.1, -0.05) is 53.5 Å². The molecule has 1 saturated heterocycles. The number of aryl methyl sites for hydroxylation is 1. The third kappa shape index (κ3) is 7.00. The number of β-amino-alcohol motifs (C(OH)–C–C–N with tert-alkyl or cyclic N) is 1. The summed E-state index contributed by atoms with van der Waals surface area (Å²) in [5.41, 5.74) is 6.27. The number of anilines is 1. The predicted molar refractivity (Wildman–Crippen MR) is 182 cm³/mol. The summed E-state index contributed by atoms with van der Waals surface area (Å²) in [7, 11) is 0. The molecule has 1 fully saturated rings. The molecular weight excluding hydrogens is 621 g/mol. The Hall–Kier alpha value is -3.69. The average Bonchev–Trinajstić information content (AvgIpc) is 3.41. The normalized spacial score (nSPS) is 16.2. The summed E-state index contributed by atoms with van der Waals surface area (Å²) in [6.07, 6.45) is 1.59. The molecule has 0 saturated carbocycles. The molecule has 2 aliphatic rings. The quantitative estimate of drug-likeness (QED) is 0.242. The van der Waals surface area contributed by atoms with Crippen LogP contribution in [-0.2, 0) is 24.3 Å². The first-order chi connectivity index (χ1) is 22.2. The van der Waals surface area contributed by atoms with Crippen molar-refractivity contribution in [1.82, 2.24) is 19.6 Å². The number of hydrogen-bond acceptors (Lipinski definition) is 5. The van der Waals surface area contributed by atoms with Gasteiger partial charge in [0.15, 0.2) is 0 Å². The number of aliphatic hydroxyl groups excluding tert-OH is 1. The van der Waals surface area contributed by atoms with Crippen LogP contribution in [0.5, 0.6) is 0 Å². The van der Waals surface area contributed by atoms with Crippen molar-refractivity contribution < 1.29 is 14.7 Å². The molecule has 1 unspecified atom stereocenters. The second-order valence-electron chi connectivity index (χ2n) is 12.3. The van der Waals surface area contributed by atoms with Gasteiger partial charge in [0.1, 0.15) is 0 Å². The largest absolute Gasteiger partial charge is 0.390 e. The second-order valence-corrected chi connectivity index (χ2v) is 13.2. The fourth-order valence-corrected chi connectivity index (χ4v) is 6.99. The van der Waals surface area contributed by atoms with Crippen LogP contribution in [0.2, 0.25) is 10.0 Å². The van der Waals surface area contributed by atoms with Gasteiger partial charge in [-0.05, 0) is 67.8 Å². The van der Waals surface area contributed by atoms with Crippen molar-refractivity contribution in [3.63, 3.8) is 0 Å². The molecule has 0 bridgehead atoms. The van der Waals surface area contributed by atoms with Crippen molar-refractivity contribution in [2.45, 2.75) is 58.3 Å². The van der Waals surface area contributed by atoms with Gasteiger partial charge in [0, 0.05) is 90.2 Å². The monoisotopic (exact) mass is 659 g/mol. The Kier molecular flexibility index (Phi) is 9.80. The number of piperidine rings is 1. The molecular formula is C36H39Cl2N5O3. The Labute approximate surface area is 280 Å². The van der Waals surface area contributed by atoms with E-state index in [9.17, 15) is 14.7 Å². The Morgan fingerprint density at radius 2 is 1.74 bits per heavy atom. The van der Waals surface area contributed by atoms with Crippen LogP contribution >= 0.6 is 23.2 Å². The molecule has 0 aliphatic carbocycles. The summed E-state index contributed by atoms with van der Waals surface area (Å²) >= 11 is 12.6. The maximum absolute atomic E-state index is 13.7. The molecule has 46 heavy (non-hydrogen) atoms. The summed E-state index contributed by atoms with van der Waals surface area (Å²) < 4.78 is 1.93. The smallest absolute Gasteiger partial charge is 0.258 e. The number of benzene rings is 3. The Morgan fingerprint density at radius 3 is 2.43 bits per heavy atom. The van der Waals surface area contributed by atoms with E-state index in [1.165, 1.54) is 0 Å². The number of hydrogen-bond donors (Lipinski definition) is 1. The number of carbonyl (C=O) groups is 2. The third-order valence-electron chi connectivity index (χ3n) is 9.11. The SMILES string of the molecule is CC(=O)N1CCc2c(c(-c3ccc(Cl)c(C)c3)nn2CC(O)CN2CCC(N(C(=O)c3ccccc3)c3cccc(Cl)c3)CC2)C1. The van der Waals surface area contributed by atoms with Crippen LogP contribution in [0.15, 0.2) is 72.8 Å². The van der Waals surface area contributed by atoms with Gasteiger partial charge in [-0.15, -0.1) is 0 Å². The highest BCUT2D eigenvalue weighted by molar-refractivity contribution is 6.31. The zero-order valence-electron chi connectivity index (χ0n) is 26.2. The Morgan fingerprint density at radius 1 is 0.978 bits per heavy atom. The van der Waals surface area contributed by atoms with Crippen LogP contribution in [0.1, 0.15) is 46.9 Å². The summed E-state index contributed by atoms with van der Waals surface area (Å²) in [4.78, 5) is 32.0. The van der Waals surface area contributed by atoms with Gasteiger partial charge in [0.05, 0.1) is 18.3 Å². The molecule has 8 nitrogen and oxygen atoms in total. The van der Waals surface area contributed by atoms with Crippen molar-refractivity contribution in [3.05, 3.63) is 105 Å². The number of carbonyl (C=O) groups excluding carboxylic acids is 2. The lowest BCUT2D eigenvalue weighted by Gasteiger charge is -2.39. The fourth-order valence-electron chi connectivity index (χ4n) is 6.69. The van der Waals surface area contributed by atoms with Crippen molar-refractivity contribution >= 4 is 40.7 Å². The highest BCUT2D eigenvalue weighted by Gasteiger charge is 2.32. The van der Waals surface area contributed by atoms with Crippen LogP contribution in [0, 0.1) is 6.92 Å². The molecule has 6 rings (SSSR count). The average molecular weight is 661 g/mol. The van der Waals surface area contributed by atoms with Crippen molar-refractivity contribution in [1.29, 1.82) is 0 Å².